The first kappa shape index (κ1) is 13.2. The Morgan fingerprint density at radius 3 is 1.50 bits per heavy atom. The van der Waals surface area contributed by atoms with Crippen LogP contribution in [0.15, 0.2) is 59.7 Å². The van der Waals surface area contributed by atoms with Crippen molar-refractivity contribution in [3.8, 4) is 0 Å². The number of rotatable bonds is 2. The van der Waals surface area contributed by atoms with Gasteiger partial charge in [-0.05, 0) is 72.9 Å². The summed E-state index contributed by atoms with van der Waals surface area (Å²) in [4.78, 5) is 0. The van der Waals surface area contributed by atoms with Crippen molar-refractivity contribution in [3.05, 3.63) is 82.0 Å². The van der Waals surface area contributed by atoms with Gasteiger partial charge in [-0.25, -0.2) is 0 Å². The van der Waals surface area contributed by atoms with E-state index < -0.39 is 0 Å². The lowest BCUT2D eigenvalue weighted by Crippen LogP contribution is -2.15. The van der Waals surface area contributed by atoms with Gasteiger partial charge in [0.2, 0.25) is 0 Å². The van der Waals surface area contributed by atoms with Crippen molar-refractivity contribution < 1.29 is 0 Å². The fraction of sp³-hybridized carbons (Fsp3) is 0.300. The lowest BCUT2D eigenvalue weighted by Gasteiger charge is -2.28. The van der Waals surface area contributed by atoms with Crippen molar-refractivity contribution in [1.82, 2.24) is 0 Å². The molecule has 0 aliphatic heterocycles. The maximum atomic E-state index is 3.98. The molecular formula is C20H22. The van der Waals surface area contributed by atoms with Gasteiger partial charge in [0.25, 0.3) is 0 Å². The normalized spacial score (nSPS) is 17.7. The fourth-order valence-electron chi connectivity index (χ4n) is 3.54. The van der Waals surface area contributed by atoms with Crippen molar-refractivity contribution in [2.75, 3.05) is 0 Å². The highest BCUT2D eigenvalue weighted by atomic mass is 14.3. The molecule has 0 nitrogen and oxygen atoms in total. The highest BCUT2D eigenvalue weighted by molar-refractivity contribution is 5.54. The second-order valence-electron chi connectivity index (χ2n) is 6.07. The summed E-state index contributed by atoms with van der Waals surface area (Å²) in [6.45, 7) is 12.4. The smallest absolute Gasteiger partial charge is 0.00206 e. The van der Waals surface area contributed by atoms with Crippen LogP contribution in [0.5, 0.6) is 0 Å². The van der Waals surface area contributed by atoms with E-state index in [-0.39, 0.29) is 0 Å². The average Bonchev–Trinajstić information content (AvgIpc) is 2.45. The van der Waals surface area contributed by atoms with Gasteiger partial charge in [0.1, 0.15) is 0 Å². The lowest BCUT2D eigenvalue weighted by atomic mass is 9.77. The number of hydrogen-bond acceptors (Lipinski definition) is 0. The van der Waals surface area contributed by atoms with Gasteiger partial charge < -0.3 is 0 Å². The molecule has 20 heavy (non-hydrogen) atoms. The summed E-state index contributed by atoms with van der Waals surface area (Å²) in [6.07, 6.45) is 8.34. The molecule has 102 valence electrons. The van der Waals surface area contributed by atoms with E-state index in [1.807, 2.05) is 12.2 Å². The van der Waals surface area contributed by atoms with Gasteiger partial charge in [-0.1, -0.05) is 48.6 Å². The SMILES string of the molecule is C=CC1=C(C)Cc2ccc3c(c2C1)CC(C=C)=C(C)C3. The molecule has 0 bridgehead atoms. The van der Waals surface area contributed by atoms with Crippen molar-refractivity contribution in [2.24, 2.45) is 0 Å². The summed E-state index contributed by atoms with van der Waals surface area (Å²) in [5, 5.41) is 0. The second-order valence-corrected chi connectivity index (χ2v) is 6.07. The Balaban J connectivity index is 2.09. The maximum Gasteiger partial charge on any atom is -0.00206 e. The molecule has 0 unspecified atom stereocenters. The Morgan fingerprint density at radius 2 is 1.15 bits per heavy atom. The molecule has 0 atom stereocenters. The molecule has 0 saturated heterocycles. The zero-order valence-corrected chi connectivity index (χ0v) is 12.6. The van der Waals surface area contributed by atoms with E-state index in [1.54, 1.807) is 11.1 Å². The number of hydrogen-bond donors (Lipinski definition) is 0. The highest BCUT2D eigenvalue weighted by Gasteiger charge is 2.22. The summed E-state index contributed by atoms with van der Waals surface area (Å²) in [5.74, 6) is 0. The number of benzene rings is 1. The van der Waals surface area contributed by atoms with Crippen molar-refractivity contribution >= 4 is 0 Å². The molecule has 2 aliphatic rings. The predicted molar refractivity (Wildman–Crippen MR) is 87.1 cm³/mol. The third kappa shape index (κ3) is 2.00. The topological polar surface area (TPSA) is 0 Å². The average molecular weight is 262 g/mol. The van der Waals surface area contributed by atoms with Crippen LogP contribution in [0.1, 0.15) is 36.1 Å². The molecule has 0 heteroatoms. The fourth-order valence-corrected chi connectivity index (χ4v) is 3.54. The van der Waals surface area contributed by atoms with Crippen LogP contribution in [0.3, 0.4) is 0 Å². The quantitative estimate of drug-likeness (QED) is 0.712. The largest absolute Gasteiger partial charge is 0.0988 e. The second kappa shape index (κ2) is 4.94. The Bertz CT molecular complexity index is 607. The molecular weight excluding hydrogens is 240 g/mol. The van der Waals surface area contributed by atoms with E-state index >= 15 is 0 Å². The van der Waals surface area contributed by atoms with Crippen LogP contribution in [0.25, 0.3) is 0 Å². The first-order chi connectivity index (χ1) is 9.63. The molecule has 0 aromatic heterocycles. The molecule has 0 radical (unpaired) electrons. The van der Waals surface area contributed by atoms with Crippen molar-refractivity contribution in [1.29, 1.82) is 0 Å². The van der Waals surface area contributed by atoms with Crippen LogP contribution in [0.2, 0.25) is 0 Å². The number of fused-ring (bicyclic) bond motifs is 3. The first-order valence-electron chi connectivity index (χ1n) is 7.38. The Kier molecular flexibility index (Phi) is 3.25. The van der Waals surface area contributed by atoms with E-state index in [0.717, 1.165) is 25.7 Å². The van der Waals surface area contributed by atoms with E-state index in [2.05, 4.69) is 39.1 Å². The van der Waals surface area contributed by atoms with Gasteiger partial charge >= 0.3 is 0 Å². The first-order valence-corrected chi connectivity index (χ1v) is 7.38. The minimum absolute atomic E-state index is 1.05. The molecule has 0 N–H and O–H groups in total. The van der Waals surface area contributed by atoms with Crippen LogP contribution in [-0.4, -0.2) is 0 Å². The van der Waals surface area contributed by atoms with Crippen LogP contribution in [0, 0.1) is 0 Å². The van der Waals surface area contributed by atoms with Gasteiger partial charge in [0, 0.05) is 0 Å². The molecule has 1 aromatic carbocycles. The van der Waals surface area contributed by atoms with Gasteiger partial charge in [-0.3, -0.25) is 0 Å². The van der Waals surface area contributed by atoms with Crippen LogP contribution < -0.4 is 0 Å². The van der Waals surface area contributed by atoms with E-state index in [9.17, 15) is 0 Å². The molecule has 0 fully saturated rings. The summed E-state index contributed by atoms with van der Waals surface area (Å²) >= 11 is 0. The maximum absolute atomic E-state index is 3.98. The van der Waals surface area contributed by atoms with Gasteiger partial charge in [-0.15, -0.1) is 0 Å². The standard InChI is InChI=1S/C20H22/c1-5-15-11-19-17(9-13(15)3)7-8-18-10-14(4)16(6-2)12-20(18)19/h5-8H,1-2,9-12H2,3-4H3. The molecule has 2 aliphatic carbocycles. The van der Waals surface area contributed by atoms with E-state index in [0.29, 0.717) is 0 Å². The van der Waals surface area contributed by atoms with Crippen LogP contribution in [-0.2, 0) is 25.7 Å². The van der Waals surface area contributed by atoms with Crippen molar-refractivity contribution in [3.63, 3.8) is 0 Å². The summed E-state index contributed by atoms with van der Waals surface area (Å²) in [5.41, 5.74) is 11.9. The Labute approximate surface area is 122 Å². The lowest BCUT2D eigenvalue weighted by molar-refractivity contribution is 0.904. The molecule has 0 heterocycles. The zero-order chi connectivity index (χ0) is 14.3. The van der Waals surface area contributed by atoms with Gasteiger partial charge in [0.05, 0.1) is 0 Å². The summed E-state index contributed by atoms with van der Waals surface area (Å²) in [7, 11) is 0. The molecule has 0 spiro atoms. The van der Waals surface area contributed by atoms with Crippen LogP contribution >= 0.6 is 0 Å². The minimum Gasteiger partial charge on any atom is -0.0988 e. The minimum atomic E-state index is 1.05. The molecule has 3 rings (SSSR count). The van der Waals surface area contributed by atoms with Crippen molar-refractivity contribution in [2.45, 2.75) is 39.5 Å². The van der Waals surface area contributed by atoms with Crippen LogP contribution in [0.4, 0.5) is 0 Å². The molecule has 1 aromatic rings. The Hall–Kier alpha value is -1.82. The predicted octanol–water partition coefficient (Wildman–Crippen LogP) is 4.89. The zero-order valence-electron chi connectivity index (χ0n) is 12.6. The Morgan fingerprint density at radius 1 is 0.750 bits per heavy atom. The van der Waals surface area contributed by atoms with Gasteiger partial charge in [0.15, 0.2) is 0 Å². The van der Waals surface area contributed by atoms with Gasteiger partial charge in [-0.2, -0.15) is 0 Å². The molecule has 0 amide bonds. The third-order valence-electron chi connectivity index (χ3n) is 4.86. The summed E-state index contributed by atoms with van der Waals surface area (Å²) in [6, 6.07) is 4.67. The highest BCUT2D eigenvalue weighted by Crippen LogP contribution is 2.35. The monoisotopic (exact) mass is 262 g/mol. The number of allylic oxidation sites excluding steroid dienone is 6. The third-order valence-corrected chi connectivity index (χ3v) is 4.86. The van der Waals surface area contributed by atoms with E-state index in [1.165, 1.54) is 33.4 Å². The van der Waals surface area contributed by atoms with E-state index in [4.69, 9.17) is 0 Å². The molecule has 0 saturated carbocycles. The summed E-state index contributed by atoms with van der Waals surface area (Å²) < 4.78 is 0.